The lowest BCUT2D eigenvalue weighted by Gasteiger charge is -2.21. The summed E-state index contributed by atoms with van der Waals surface area (Å²) in [5.74, 6) is 0.972. The smallest absolute Gasteiger partial charge is 0.210 e. The van der Waals surface area contributed by atoms with Crippen LogP contribution >= 0.6 is 23.1 Å². The Hall–Kier alpha value is -1.11. The van der Waals surface area contributed by atoms with E-state index in [9.17, 15) is 0 Å². The molecule has 1 N–H and O–H groups in total. The average molecular weight is 335 g/mol. The summed E-state index contributed by atoms with van der Waals surface area (Å²) in [5, 5.41) is 12.6. The number of aromatic nitrogens is 2. The minimum absolute atomic E-state index is 0.376. The lowest BCUT2D eigenvalue weighted by molar-refractivity contribution is 0.0315. The highest BCUT2D eigenvalue weighted by molar-refractivity contribution is 8.01. The van der Waals surface area contributed by atoms with Crippen molar-refractivity contribution in [3.63, 3.8) is 0 Å². The standard InChI is InChI=1S/C16H21N3OS2/c1-2-12-6-8-13(9-7-12)17-15-18-19-16(22-15)21-11-14-5-3-4-10-20-14/h6-9,14H,2-5,10-11H2,1H3,(H,17,18)/t14-/m0/s1. The fourth-order valence-electron chi connectivity index (χ4n) is 2.37. The van der Waals surface area contributed by atoms with Gasteiger partial charge in [0.2, 0.25) is 5.13 Å². The van der Waals surface area contributed by atoms with E-state index in [1.165, 1.54) is 24.8 Å². The van der Waals surface area contributed by atoms with Gasteiger partial charge in [-0.25, -0.2) is 0 Å². The summed E-state index contributed by atoms with van der Waals surface area (Å²) < 4.78 is 6.75. The fourth-order valence-corrected chi connectivity index (χ4v) is 4.23. The zero-order chi connectivity index (χ0) is 15.2. The summed E-state index contributed by atoms with van der Waals surface area (Å²) in [6.07, 6.45) is 5.08. The highest BCUT2D eigenvalue weighted by atomic mass is 32.2. The maximum atomic E-state index is 5.74. The third-order valence-electron chi connectivity index (χ3n) is 3.69. The van der Waals surface area contributed by atoms with Gasteiger partial charge in [0.15, 0.2) is 4.34 Å². The topological polar surface area (TPSA) is 47.0 Å². The minimum Gasteiger partial charge on any atom is -0.377 e. The third-order valence-corrected chi connectivity index (χ3v) is 5.79. The normalized spacial score (nSPS) is 18.3. The predicted molar refractivity (Wildman–Crippen MR) is 93.3 cm³/mol. The number of hydrogen-bond acceptors (Lipinski definition) is 6. The molecule has 0 spiro atoms. The Labute approximate surface area is 139 Å². The molecule has 1 aromatic carbocycles. The van der Waals surface area contributed by atoms with Crippen LogP contribution < -0.4 is 5.32 Å². The molecule has 118 valence electrons. The lowest BCUT2D eigenvalue weighted by Crippen LogP contribution is -2.21. The fraction of sp³-hybridized carbons (Fsp3) is 0.500. The van der Waals surface area contributed by atoms with Crippen molar-refractivity contribution < 1.29 is 4.74 Å². The number of nitrogens with zero attached hydrogens (tertiary/aromatic N) is 2. The Morgan fingerprint density at radius 2 is 2.14 bits per heavy atom. The number of nitrogens with one attached hydrogen (secondary N) is 1. The van der Waals surface area contributed by atoms with Crippen molar-refractivity contribution in [1.29, 1.82) is 0 Å². The maximum absolute atomic E-state index is 5.74. The molecule has 2 heterocycles. The third kappa shape index (κ3) is 4.44. The molecule has 0 unspecified atom stereocenters. The zero-order valence-corrected chi connectivity index (χ0v) is 14.4. The van der Waals surface area contributed by atoms with Crippen LogP contribution in [0.4, 0.5) is 10.8 Å². The van der Waals surface area contributed by atoms with Gasteiger partial charge in [-0.2, -0.15) is 0 Å². The Bertz CT molecular complexity index is 579. The van der Waals surface area contributed by atoms with Crippen molar-refractivity contribution >= 4 is 33.9 Å². The summed E-state index contributed by atoms with van der Waals surface area (Å²) in [5.41, 5.74) is 2.40. The van der Waals surface area contributed by atoms with E-state index in [4.69, 9.17) is 4.74 Å². The van der Waals surface area contributed by atoms with Crippen LogP contribution in [0.25, 0.3) is 0 Å². The highest BCUT2D eigenvalue weighted by Gasteiger charge is 2.15. The molecule has 1 fully saturated rings. The molecule has 0 amide bonds. The van der Waals surface area contributed by atoms with Crippen LogP contribution in [0.15, 0.2) is 28.6 Å². The van der Waals surface area contributed by atoms with E-state index in [0.29, 0.717) is 6.10 Å². The molecule has 0 bridgehead atoms. The molecule has 2 aromatic rings. The van der Waals surface area contributed by atoms with Gasteiger partial charge < -0.3 is 10.1 Å². The van der Waals surface area contributed by atoms with Crippen LogP contribution in [-0.4, -0.2) is 28.7 Å². The molecule has 1 atom stereocenters. The number of aryl methyl sites for hydroxylation is 1. The zero-order valence-electron chi connectivity index (χ0n) is 12.7. The Kier molecular flexibility index (Phi) is 5.70. The Balaban J connectivity index is 1.51. The average Bonchev–Trinajstić information content (AvgIpc) is 3.02. The number of thioether (sulfide) groups is 1. The Morgan fingerprint density at radius 3 is 2.86 bits per heavy atom. The first-order chi connectivity index (χ1) is 10.8. The lowest BCUT2D eigenvalue weighted by atomic mass is 10.1. The first-order valence-corrected chi connectivity index (χ1v) is 9.57. The molecular weight excluding hydrogens is 314 g/mol. The van der Waals surface area contributed by atoms with Crippen molar-refractivity contribution in [1.82, 2.24) is 10.2 Å². The van der Waals surface area contributed by atoms with Gasteiger partial charge >= 0.3 is 0 Å². The van der Waals surface area contributed by atoms with Gasteiger partial charge in [0.1, 0.15) is 0 Å². The summed E-state index contributed by atoms with van der Waals surface area (Å²) in [6, 6.07) is 8.45. The highest BCUT2D eigenvalue weighted by Crippen LogP contribution is 2.29. The van der Waals surface area contributed by atoms with Crippen molar-refractivity contribution in [3.8, 4) is 0 Å². The minimum atomic E-state index is 0.376. The van der Waals surface area contributed by atoms with Gasteiger partial charge in [-0.05, 0) is 43.4 Å². The molecule has 1 aromatic heterocycles. The van der Waals surface area contributed by atoms with Crippen molar-refractivity contribution in [3.05, 3.63) is 29.8 Å². The molecular formula is C16H21N3OS2. The van der Waals surface area contributed by atoms with E-state index in [1.807, 2.05) is 0 Å². The number of ether oxygens (including phenoxy) is 1. The first kappa shape index (κ1) is 15.8. The van der Waals surface area contributed by atoms with Gasteiger partial charge in [-0.3, -0.25) is 0 Å². The van der Waals surface area contributed by atoms with E-state index in [2.05, 4.69) is 46.7 Å². The van der Waals surface area contributed by atoms with E-state index in [-0.39, 0.29) is 0 Å². The van der Waals surface area contributed by atoms with Crippen LogP contribution in [0.5, 0.6) is 0 Å². The second-order valence-electron chi connectivity index (χ2n) is 5.35. The summed E-state index contributed by atoms with van der Waals surface area (Å²) in [4.78, 5) is 0. The monoisotopic (exact) mass is 335 g/mol. The van der Waals surface area contributed by atoms with Crippen LogP contribution in [0.2, 0.25) is 0 Å². The molecule has 3 rings (SSSR count). The van der Waals surface area contributed by atoms with Gasteiger partial charge in [-0.1, -0.05) is 42.2 Å². The van der Waals surface area contributed by atoms with Gasteiger partial charge in [0, 0.05) is 18.0 Å². The molecule has 4 nitrogen and oxygen atoms in total. The van der Waals surface area contributed by atoms with Gasteiger partial charge in [0.05, 0.1) is 6.10 Å². The molecule has 1 aliphatic heterocycles. The van der Waals surface area contributed by atoms with Gasteiger partial charge in [0.25, 0.3) is 0 Å². The van der Waals surface area contributed by atoms with Gasteiger partial charge in [-0.15, -0.1) is 10.2 Å². The van der Waals surface area contributed by atoms with E-state index in [0.717, 1.165) is 33.9 Å². The molecule has 0 saturated carbocycles. The second-order valence-corrected chi connectivity index (χ2v) is 7.59. The van der Waals surface area contributed by atoms with Crippen molar-refractivity contribution in [2.24, 2.45) is 0 Å². The van der Waals surface area contributed by atoms with Crippen molar-refractivity contribution in [2.75, 3.05) is 17.7 Å². The summed E-state index contributed by atoms with van der Waals surface area (Å²) >= 11 is 3.34. The van der Waals surface area contributed by atoms with E-state index >= 15 is 0 Å². The SMILES string of the molecule is CCc1ccc(Nc2nnc(SC[C@@H]3CCCCO3)s2)cc1. The van der Waals surface area contributed by atoms with Crippen LogP contribution in [-0.2, 0) is 11.2 Å². The first-order valence-electron chi connectivity index (χ1n) is 7.77. The maximum Gasteiger partial charge on any atom is 0.210 e. The number of benzene rings is 1. The molecule has 1 saturated heterocycles. The molecule has 1 aliphatic rings. The van der Waals surface area contributed by atoms with Crippen LogP contribution in [0, 0.1) is 0 Å². The number of rotatable bonds is 6. The molecule has 0 aliphatic carbocycles. The Morgan fingerprint density at radius 1 is 1.27 bits per heavy atom. The number of anilines is 2. The molecule has 6 heteroatoms. The number of hydrogen-bond donors (Lipinski definition) is 1. The quantitative estimate of drug-likeness (QED) is 0.787. The van der Waals surface area contributed by atoms with E-state index in [1.54, 1.807) is 23.1 Å². The van der Waals surface area contributed by atoms with Crippen LogP contribution in [0.1, 0.15) is 31.7 Å². The van der Waals surface area contributed by atoms with E-state index < -0.39 is 0 Å². The largest absolute Gasteiger partial charge is 0.377 e. The molecule has 22 heavy (non-hydrogen) atoms. The molecule has 0 radical (unpaired) electrons. The van der Waals surface area contributed by atoms with Crippen LogP contribution in [0.3, 0.4) is 0 Å². The predicted octanol–water partition coefficient (Wildman–Crippen LogP) is 4.51. The summed E-state index contributed by atoms with van der Waals surface area (Å²) in [6.45, 7) is 3.06. The second kappa shape index (κ2) is 7.94. The van der Waals surface area contributed by atoms with Crippen molar-refractivity contribution in [2.45, 2.75) is 43.1 Å². The summed E-state index contributed by atoms with van der Waals surface area (Å²) in [7, 11) is 0.